The quantitative estimate of drug-likeness (QED) is 0.629. The number of halogens is 1. The van der Waals surface area contributed by atoms with Crippen molar-refractivity contribution in [2.75, 3.05) is 36.1 Å². The Morgan fingerprint density at radius 1 is 1.19 bits per heavy atom. The number of nitrogens with two attached hydrogens (primary N) is 1. The molecule has 2 aromatic carbocycles. The molecular formula is C17H22FN3. The maximum atomic E-state index is 13.3. The molecule has 0 heterocycles. The van der Waals surface area contributed by atoms with Crippen LogP contribution in [0.1, 0.15) is 12.0 Å². The lowest BCUT2D eigenvalue weighted by molar-refractivity contribution is 0.619. The smallest absolute Gasteiger partial charge is 0.128 e. The largest absolute Gasteiger partial charge is 0.397 e. The molecule has 4 heteroatoms. The number of hydrogen-bond acceptors (Lipinski definition) is 3. The minimum absolute atomic E-state index is 0.262. The van der Waals surface area contributed by atoms with E-state index in [4.69, 9.17) is 5.73 Å². The van der Waals surface area contributed by atoms with Gasteiger partial charge in [-0.25, -0.2) is 4.39 Å². The van der Waals surface area contributed by atoms with Gasteiger partial charge in [0.2, 0.25) is 0 Å². The third-order valence-electron chi connectivity index (χ3n) is 3.51. The second-order valence-electron chi connectivity index (χ2n) is 5.23. The van der Waals surface area contributed by atoms with Crippen molar-refractivity contribution in [1.29, 1.82) is 0 Å². The highest BCUT2D eigenvalue weighted by Gasteiger charge is 2.04. The number of rotatable bonds is 6. The molecule has 0 aliphatic rings. The number of benzene rings is 2. The first kappa shape index (κ1) is 15.2. The number of nitrogen functional groups attached to an aromatic ring is 1. The van der Waals surface area contributed by atoms with Crippen LogP contribution in [0.2, 0.25) is 0 Å². The summed E-state index contributed by atoms with van der Waals surface area (Å²) in [7, 11) is 2.08. The van der Waals surface area contributed by atoms with Crippen LogP contribution in [0.25, 0.3) is 0 Å². The maximum Gasteiger partial charge on any atom is 0.128 e. The Hall–Kier alpha value is -2.23. The van der Waals surface area contributed by atoms with Crippen LogP contribution in [0.15, 0.2) is 42.5 Å². The Labute approximate surface area is 125 Å². The van der Waals surface area contributed by atoms with Gasteiger partial charge in [0, 0.05) is 25.8 Å². The first-order valence-electron chi connectivity index (χ1n) is 7.13. The van der Waals surface area contributed by atoms with Crippen molar-refractivity contribution < 1.29 is 4.39 Å². The molecular weight excluding hydrogens is 265 g/mol. The van der Waals surface area contributed by atoms with E-state index in [0.29, 0.717) is 11.3 Å². The number of nitrogens with zero attached hydrogens (tertiary/aromatic N) is 1. The minimum Gasteiger partial charge on any atom is -0.397 e. The van der Waals surface area contributed by atoms with Gasteiger partial charge in [-0.15, -0.1) is 0 Å². The second-order valence-corrected chi connectivity index (χ2v) is 5.23. The summed E-state index contributed by atoms with van der Waals surface area (Å²) < 4.78 is 13.3. The maximum absolute atomic E-state index is 13.3. The zero-order chi connectivity index (χ0) is 15.2. The van der Waals surface area contributed by atoms with Gasteiger partial charge in [-0.3, -0.25) is 0 Å². The fourth-order valence-corrected chi connectivity index (χ4v) is 2.20. The molecule has 21 heavy (non-hydrogen) atoms. The van der Waals surface area contributed by atoms with Crippen LogP contribution < -0.4 is 16.0 Å². The van der Waals surface area contributed by atoms with Crippen LogP contribution in [0.5, 0.6) is 0 Å². The predicted octanol–water partition coefficient (Wildman–Crippen LogP) is 3.65. The summed E-state index contributed by atoms with van der Waals surface area (Å²) in [5, 5.41) is 3.27. The summed E-state index contributed by atoms with van der Waals surface area (Å²) in [4.78, 5) is 2.21. The lowest BCUT2D eigenvalue weighted by Gasteiger charge is -2.19. The molecule has 0 amide bonds. The average molecular weight is 287 g/mol. The molecule has 0 aliphatic heterocycles. The third-order valence-corrected chi connectivity index (χ3v) is 3.51. The first-order chi connectivity index (χ1) is 10.1. The highest BCUT2D eigenvalue weighted by atomic mass is 19.1. The summed E-state index contributed by atoms with van der Waals surface area (Å²) >= 11 is 0. The van der Waals surface area contributed by atoms with Gasteiger partial charge in [-0.05, 0) is 43.2 Å². The van der Waals surface area contributed by atoms with E-state index in [1.807, 2.05) is 18.2 Å². The van der Waals surface area contributed by atoms with Crippen molar-refractivity contribution in [1.82, 2.24) is 0 Å². The van der Waals surface area contributed by atoms with E-state index >= 15 is 0 Å². The standard InChI is InChI=1S/C17H22FN3/c1-13-11-17(16(19)12-15(13)18)20-9-6-10-21(2)14-7-4-3-5-8-14/h3-5,7-8,11-12,20H,6,9-10,19H2,1-2H3. The molecule has 3 N–H and O–H groups in total. The molecule has 0 spiro atoms. The van der Waals surface area contributed by atoms with Crippen LogP contribution in [-0.4, -0.2) is 20.1 Å². The van der Waals surface area contributed by atoms with E-state index in [9.17, 15) is 4.39 Å². The van der Waals surface area contributed by atoms with Gasteiger partial charge in [0.05, 0.1) is 11.4 Å². The topological polar surface area (TPSA) is 41.3 Å². The van der Waals surface area contributed by atoms with Gasteiger partial charge < -0.3 is 16.0 Å². The first-order valence-corrected chi connectivity index (χ1v) is 7.13. The van der Waals surface area contributed by atoms with E-state index in [2.05, 4.69) is 29.4 Å². The van der Waals surface area contributed by atoms with Crippen LogP contribution in [0, 0.1) is 12.7 Å². The van der Waals surface area contributed by atoms with Crippen LogP contribution in [-0.2, 0) is 0 Å². The normalized spacial score (nSPS) is 10.4. The average Bonchev–Trinajstić information content (AvgIpc) is 2.49. The molecule has 112 valence electrons. The molecule has 0 aliphatic carbocycles. The van der Waals surface area contributed by atoms with Crippen LogP contribution in [0.4, 0.5) is 21.5 Å². The van der Waals surface area contributed by atoms with Gasteiger partial charge >= 0.3 is 0 Å². The van der Waals surface area contributed by atoms with E-state index in [1.54, 1.807) is 13.0 Å². The molecule has 0 fully saturated rings. The molecule has 2 aromatic rings. The Kier molecular flexibility index (Phi) is 5.04. The molecule has 2 rings (SSSR count). The van der Waals surface area contributed by atoms with Crippen molar-refractivity contribution >= 4 is 17.1 Å². The van der Waals surface area contributed by atoms with Gasteiger partial charge in [0.1, 0.15) is 5.82 Å². The molecule has 0 unspecified atom stereocenters. The number of aryl methyl sites for hydroxylation is 1. The molecule has 0 atom stereocenters. The van der Waals surface area contributed by atoms with E-state index in [1.165, 1.54) is 11.8 Å². The molecule has 0 radical (unpaired) electrons. The monoisotopic (exact) mass is 287 g/mol. The fraction of sp³-hybridized carbons (Fsp3) is 0.294. The van der Waals surface area contributed by atoms with Crippen molar-refractivity contribution in [2.24, 2.45) is 0 Å². The SMILES string of the molecule is Cc1cc(NCCCN(C)c2ccccc2)c(N)cc1F. The number of hydrogen-bond donors (Lipinski definition) is 2. The van der Waals surface area contributed by atoms with Gasteiger partial charge in [0.15, 0.2) is 0 Å². The minimum atomic E-state index is -0.262. The lowest BCUT2D eigenvalue weighted by atomic mass is 10.2. The molecule has 0 saturated carbocycles. The Balaban J connectivity index is 1.81. The number of para-hydroxylation sites is 1. The van der Waals surface area contributed by atoms with Crippen molar-refractivity contribution in [3.05, 3.63) is 53.8 Å². The number of nitrogens with one attached hydrogen (secondary N) is 1. The molecule has 0 aromatic heterocycles. The third kappa shape index (κ3) is 4.12. The summed E-state index contributed by atoms with van der Waals surface area (Å²) in [6, 6.07) is 13.4. The van der Waals surface area contributed by atoms with Crippen molar-refractivity contribution in [3.63, 3.8) is 0 Å². The van der Waals surface area contributed by atoms with Gasteiger partial charge in [0.25, 0.3) is 0 Å². The zero-order valence-corrected chi connectivity index (χ0v) is 12.6. The second kappa shape index (κ2) is 6.97. The van der Waals surface area contributed by atoms with Gasteiger partial charge in [-0.2, -0.15) is 0 Å². The number of anilines is 3. The summed E-state index contributed by atoms with van der Waals surface area (Å²) in [6.45, 7) is 3.48. The zero-order valence-electron chi connectivity index (χ0n) is 12.6. The Morgan fingerprint density at radius 3 is 2.62 bits per heavy atom. The highest BCUT2D eigenvalue weighted by molar-refractivity contribution is 5.67. The summed E-state index contributed by atoms with van der Waals surface area (Å²) in [5.74, 6) is -0.262. The van der Waals surface area contributed by atoms with Crippen molar-refractivity contribution in [2.45, 2.75) is 13.3 Å². The Morgan fingerprint density at radius 2 is 1.90 bits per heavy atom. The molecule has 0 saturated heterocycles. The fourth-order valence-electron chi connectivity index (χ4n) is 2.20. The van der Waals surface area contributed by atoms with E-state index in [-0.39, 0.29) is 5.82 Å². The van der Waals surface area contributed by atoms with Gasteiger partial charge in [-0.1, -0.05) is 18.2 Å². The predicted molar refractivity (Wildman–Crippen MR) is 88.4 cm³/mol. The van der Waals surface area contributed by atoms with E-state index < -0.39 is 0 Å². The Bertz CT molecular complexity index is 584. The van der Waals surface area contributed by atoms with E-state index in [0.717, 1.165) is 25.2 Å². The summed E-state index contributed by atoms with van der Waals surface area (Å²) in [5.41, 5.74) is 8.87. The highest BCUT2D eigenvalue weighted by Crippen LogP contribution is 2.22. The molecule has 0 bridgehead atoms. The summed E-state index contributed by atoms with van der Waals surface area (Å²) in [6.07, 6.45) is 0.973. The molecule has 3 nitrogen and oxygen atoms in total. The van der Waals surface area contributed by atoms with Crippen LogP contribution in [0.3, 0.4) is 0 Å². The lowest BCUT2D eigenvalue weighted by Crippen LogP contribution is -2.20. The van der Waals surface area contributed by atoms with Crippen molar-refractivity contribution in [3.8, 4) is 0 Å². The van der Waals surface area contributed by atoms with Crippen LogP contribution >= 0.6 is 0 Å².